The van der Waals surface area contributed by atoms with Crippen LogP contribution in [0.5, 0.6) is 5.75 Å². The van der Waals surface area contributed by atoms with Gasteiger partial charge in [-0.1, -0.05) is 36.7 Å². The number of carbonyl (C=O) groups excluding carboxylic acids is 1. The first-order valence-electron chi connectivity index (χ1n) is 7.34. The van der Waals surface area contributed by atoms with Gasteiger partial charge in [-0.25, -0.2) is 0 Å². The average molecular weight is 316 g/mol. The van der Waals surface area contributed by atoms with E-state index in [4.69, 9.17) is 16.3 Å². The molecule has 3 nitrogen and oxygen atoms in total. The highest BCUT2D eigenvalue weighted by Gasteiger charge is 2.29. The Kier molecular flexibility index (Phi) is 4.08. The number of carbonyl (C=O) groups is 1. The van der Waals surface area contributed by atoms with Gasteiger partial charge in [0.25, 0.3) is 5.91 Å². The Morgan fingerprint density at radius 3 is 2.77 bits per heavy atom. The number of anilines is 1. The van der Waals surface area contributed by atoms with Crippen molar-refractivity contribution in [2.24, 2.45) is 5.92 Å². The molecule has 0 spiro atoms. The fourth-order valence-corrected chi connectivity index (χ4v) is 3.23. The summed E-state index contributed by atoms with van der Waals surface area (Å²) in [6, 6.07) is 13.0. The molecule has 1 aliphatic heterocycles. The number of ether oxygens (including phenoxy) is 1. The third-order valence-electron chi connectivity index (χ3n) is 4.01. The molecule has 1 amide bonds. The maximum Gasteiger partial charge on any atom is 0.262 e. The number of rotatable bonds is 2. The predicted molar refractivity (Wildman–Crippen MR) is 89.0 cm³/mol. The zero-order valence-electron chi connectivity index (χ0n) is 12.7. The monoisotopic (exact) mass is 315 g/mol. The molecule has 0 N–H and O–H groups in total. The van der Waals surface area contributed by atoms with Gasteiger partial charge in [0.1, 0.15) is 5.75 Å². The predicted octanol–water partition coefficient (Wildman–Crippen LogP) is 4.19. The Hall–Kier alpha value is -2.00. The zero-order chi connectivity index (χ0) is 15.7. The van der Waals surface area contributed by atoms with Crippen LogP contribution in [0.2, 0.25) is 5.02 Å². The molecule has 0 aliphatic carbocycles. The number of fused-ring (bicyclic) bond motifs is 1. The maximum absolute atomic E-state index is 13.0. The molecule has 0 saturated heterocycles. The van der Waals surface area contributed by atoms with Crippen molar-refractivity contribution in [3.8, 4) is 5.75 Å². The van der Waals surface area contributed by atoms with Crippen LogP contribution in [0.3, 0.4) is 0 Å². The normalized spacial score (nSPS) is 17.0. The number of para-hydroxylation sites is 1. The number of halogens is 1. The highest BCUT2D eigenvalue weighted by molar-refractivity contribution is 6.32. The number of methoxy groups -OCH3 is 1. The summed E-state index contributed by atoms with van der Waals surface area (Å²) in [5, 5.41) is 0.724. The summed E-state index contributed by atoms with van der Waals surface area (Å²) >= 11 is 6.32. The van der Waals surface area contributed by atoms with Crippen LogP contribution < -0.4 is 9.64 Å². The molecule has 1 atom stereocenters. The number of hydrogen-bond acceptors (Lipinski definition) is 2. The number of benzene rings is 2. The molecule has 1 heterocycles. The lowest BCUT2D eigenvalue weighted by Gasteiger charge is -2.34. The lowest BCUT2D eigenvalue weighted by molar-refractivity contribution is 0.0978. The van der Waals surface area contributed by atoms with Crippen LogP contribution in [0.4, 0.5) is 5.69 Å². The minimum absolute atomic E-state index is 0.0486. The standard InChI is InChI=1S/C18H18ClNO2/c1-12-10-14-15(19)7-5-8-16(14)20(11-12)18(21)13-6-3-4-9-17(13)22-2/h3-9,12H,10-11H2,1-2H3. The summed E-state index contributed by atoms with van der Waals surface area (Å²) in [5.74, 6) is 0.910. The second-order valence-corrected chi connectivity index (χ2v) is 6.07. The van der Waals surface area contributed by atoms with Gasteiger partial charge in [0.05, 0.1) is 12.7 Å². The molecular weight excluding hydrogens is 298 g/mol. The molecule has 3 rings (SSSR count). The third kappa shape index (κ3) is 2.57. The molecule has 4 heteroatoms. The molecule has 22 heavy (non-hydrogen) atoms. The minimum Gasteiger partial charge on any atom is -0.496 e. The molecule has 0 radical (unpaired) electrons. The van der Waals surface area contributed by atoms with Gasteiger partial charge in [0.15, 0.2) is 0 Å². The first kappa shape index (κ1) is 14.9. The summed E-state index contributed by atoms with van der Waals surface area (Å²) < 4.78 is 5.32. The van der Waals surface area contributed by atoms with Crippen LogP contribution in [-0.4, -0.2) is 19.6 Å². The van der Waals surface area contributed by atoms with E-state index in [-0.39, 0.29) is 5.91 Å². The van der Waals surface area contributed by atoms with E-state index in [1.54, 1.807) is 19.2 Å². The molecule has 2 aromatic carbocycles. The largest absolute Gasteiger partial charge is 0.496 e. The summed E-state index contributed by atoms with van der Waals surface area (Å²) in [6.07, 6.45) is 0.894. The average Bonchev–Trinajstić information content (AvgIpc) is 2.54. The summed E-state index contributed by atoms with van der Waals surface area (Å²) in [4.78, 5) is 14.8. The van der Waals surface area contributed by atoms with Gasteiger partial charge >= 0.3 is 0 Å². The molecular formula is C18H18ClNO2. The van der Waals surface area contributed by atoms with Crippen molar-refractivity contribution in [3.63, 3.8) is 0 Å². The molecule has 2 aromatic rings. The van der Waals surface area contributed by atoms with Crippen molar-refractivity contribution in [2.45, 2.75) is 13.3 Å². The van der Waals surface area contributed by atoms with Gasteiger partial charge in [0, 0.05) is 17.3 Å². The first-order valence-corrected chi connectivity index (χ1v) is 7.72. The Bertz CT molecular complexity index is 714. The van der Waals surface area contributed by atoms with Crippen LogP contribution in [0.25, 0.3) is 0 Å². The van der Waals surface area contributed by atoms with Gasteiger partial charge in [-0.15, -0.1) is 0 Å². The number of hydrogen-bond donors (Lipinski definition) is 0. The fraction of sp³-hybridized carbons (Fsp3) is 0.278. The SMILES string of the molecule is COc1ccccc1C(=O)N1CC(C)Cc2c(Cl)cccc21. The van der Waals surface area contributed by atoms with E-state index in [0.717, 1.165) is 22.7 Å². The lowest BCUT2D eigenvalue weighted by atomic mass is 9.93. The van der Waals surface area contributed by atoms with Crippen molar-refractivity contribution in [1.82, 2.24) is 0 Å². The van der Waals surface area contributed by atoms with Crippen LogP contribution in [-0.2, 0) is 6.42 Å². The zero-order valence-corrected chi connectivity index (χ0v) is 13.4. The minimum atomic E-state index is -0.0486. The van der Waals surface area contributed by atoms with E-state index in [1.165, 1.54) is 0 Å². The van der Waals surface area contributed by atoms with Crippen molar-refractivity contribution in [3.05, 3.63) is 58.6 Å². The maximum atomic E-state index is 13.0. The van der Waals surface area contributed by atoms with Crippen LogP contribution in [0.15, 0.2) is 42.5 Å². The molecule has 0 bridgehead atoms. The van der Waals surface area contributed by atoms with Crippen LogP contribution >= 0.6 is 11.6 Å². The van der Waals surface area contributed by atoms with E-state index in [2.05, 4.69) is 6.92 Å². The smallest absolute Gasteiger partial charge is 0.262 e. The molecule has 1 unspecified atom stereocenters. The summed E-state index contributed by atoms with van der Waals surface area (Å²) in [5.41, 5.74) is 2.53. The number of nitrogens with zero attached hydrogens (tertiary/aromatic N) is 1. The van der Waals surface area contributed by atoms with E-state index < -0.39 is 0 Å². The van der Waals surface area contributed by atoms with Crippen molar-refractivity contribution in [1.29, 1.82) is 0 Å². The van der Waals surface area contributed by atoms with Gasteiger partial charge in [0.2, 0.25) is 0 Å². The molecule has 1 aliphatic rings. The van der Waals surface area contributed by atoms with Gasteiger partial charge in [-0.3, -0.25) is 4.79 Å². The van der Waals surface area contributed by atoms with E-state index in [9.17, 15) is 4.79 Å². The van der Waals surface area contributed by atoms with E-state index in [1.807, 2.05) is 35.2 Å². The third-order valence-corrected chi connectivity index (χ3v) is 4.37. The summed E-state index contributed by atoms with van der Waals surface area (Å²) in [6.45, 7) is 2.82. The second-order valence-electron chi connectivity index (χ2n) is 5.66. The Balaban J connectivity index is 2.05. The molecule has 0 saturated carbocycles. The highest BCUT2D eigenvalue weighted by Crippen LogP contribution is 2.36. The Labute approximate surface area is 135 Å². The topological polar surface area (TPSA) is 29.5 Å². The molecule has 0 fully saturated rings. The van der Waals surface area contributed by atoms with Gasteiger partial charge < -0.3 is 9.64 Å². The quantitative estimate of drug-likeness (QED) is 0.831. The van der Waals surface area contributed by atoms with Crippen molar-refractivity contribution in [2.75, 3.05) is 18.6 Å². The first-order chi connectivity index (χ1) is 10.6. The summed E-state index contributed by atoms with van der Waals surface area (Å²) in [7, 11) is 1.58. The van der Waals surface area contributed by atoms with E-state index in [0.29, 0.717) is 23.8 Å². The van der Waals surface area contributed by atoms with Crippen LogP contribution in [0.1, 0.15) is 22.8 Å². The Morgan fingerprint density at radius 1 is 1.23 bits per heavy atom. The molecule has 0 aromatic heterocycles. The number of amides is 1. The Morgan fingerprint density at radius 2 is 2.00 bits per heavy atom. The van der Waals surface area contributed by atoms with Crippen molar-refractivity contribution >= 4 is 23.2 Å². The van der Waals surface area contributed by atoms with Gasteiger partial charge in [-0.2, -0.15) is 0 Å². The fourth-order valence-electron chi connectivity index (χ4n) is 2.98. The van der Waals surface area contributed by atoms with Crippen LogP contribution in [0, 0.1) is 5.92 Å². The van der Waals surface area contributed by atoms with Gasteiger partial charge in [-0.05, 0) is 42.2 Å². The molecule has 114 valence electrons. The lowest BCUT2D eigenvalue weighted by Crippen LogP contribution is -2.39. The van der Waals surface area contributed by atoms with Crippen molar-refractivity contribution < 1.29 is 9.53 Å². The second kappa shape index (κ2) is 6.01. The van der Waals surface area contributed by atoms with E-state index >= 15 is 0 Å². The highest BCUT2D eigenvalue weighted by atomic mass is 35.5.